The zero-order chi connectivity index (χ0) is 19.9. The van der Waals surface area contributed by atoms with Crippen molar-refractivity contribution < 1.29 is 9.53 Å². The number of carbonyl (C=O) groups excluding carboxylic acids is 1. The second-order valence-electron chi connectivity index (χ2n) is 11.8. The van der Waals surface area contributed by atoms with Crippen LogP contribution in [0.4, 0.5) is 4.79 Å². The van der Waals surface area contributed by atoms with Gasteiger partial charge in [0.2, 0.25) is 0 Å². The molecular weight excluding hydrogens is 373 g/mol. The first-order valence-corrected chi connectivity index (χ1v) is 25.2. The Hall–Kier alpha value is 0.338. The van der Waals surface area contributed by atoms with Gasteiger partial charge in [-0.1, -0.05) is 79.6 Å². The van der Waals surface area contributed by atoms with Gasteiger partial charge < -0.3 is 4.74 Å². The average Bonchev–Trinajstić information content (AvgIpc) is 2.34. The van der Waals surface area contributed by atoms with Crippen LogP contribution in [0.5, 0.6) is 0 Å². The third-order valence-corrected chi connectivity index (χ3v) is 79.5. The van der Waals surface area contributed by atoms with Crippen molar-refractivity contribution in [1.29, 1.82) is 0 Å². The summed E-state index contributed by atoms with van der Waals surface area (Å²) in [5, 5.41) is 0.241. The van der Waals surface area contributed by atoms with Gasteiger partial charge in [0, 0.05) is 15.2 Å². The monoisotopic (exact) mass is 416 g/mol. The van der Waals surface area contributed by atoms with Crippen molar-refractivity contribution in [2.24, 2.45) is 0 Å². The van der Waals surface area contributed by atoms with E-state index in [0.717, 1.165) is 12.8 Å². The first-order chi connectivity index (χ1) is 11.0. The lowest BCUT2D eigenvalue weighted by Gasteiger charge is -2.59. The quantitative estimate of drug-likeness (QED) is 0.455. The molecule has 2 nitrogen and oxygen atoms in total. The molecule has 0 N–H and O–H groups in total. The van der Waals surface area contributed by atoms with E-state index in [1.54, 1.807) is 0 Å². The van der Waals surface area contributed by atoms with Crippen LogP contribution in [0.3, 0.4) is 0 Å². The SMILES string of the molecule is CC(C)(C)[Si](C)(C)[Si](C(=O)OC1CCCCC1)([Si](C)(C)C)[Si](C)(C)C. The fraction of sp³-hybridized carbons (Fsp3) is 0.947. The normalized spacial score (nSPS) is 19.0. The highest BCUT2D eigenvalue weighted by atomic mass is 29.9. The maximum Gasteiger partial charge on any atom is 0.264 e. The Morgan fingerprint density at radius 2 is 1.20 bits per heavy atom. The molecule has 1 rings (SSSR count). The van der Waals surface area contributed by atoms with E-state index in [1.165, 1.54) is 19.3 Å². The van der Waals surface area contributed by atoms with Crippen LogP contribution in [-0.2, 0) is 4.74 Å². The van der Waals surface area contributed by atoms with E-state index in [4.69, 9.17) is 4.74 Å². The smallest absolute Gasteiger partial charge is 0.264 e. The van der Waals surface area contributed by atoms with Crippen LogP contribution in [0.1, 0.15) is 52.9 Å². The van der Waals surface area contributed by atoms with Crippen LogP contribution in [0.25, 0.3) is 0 Å². The molecule has 0 radical (unpaired) electrons. The Bertz CT molecular complexity index is 461. The van der Waals surface area contributed by atoms with Crippen LogP contribution in [-0.4, -0.2) is 41.1 Å². The molecule has 0 aromatic rings. The summed E-state index contributed by atoms with van der Waals surface area (Å²) in [5.41, 5.74) is 0.337. The van der Waals surface area contributed by atoms with Gasteiger partial charge in [-0.15, -0.1) is 0 Å². The summed E-state index contributed by atoms with van der Waals surface area (Å²) >= 11 is 0. The Morgan fingerprint density at radius 3 is 1.52 bits per heavy atom. The van der Waals surface area contributed by atoms with E-state index in [0.29, 0.717) is 5.59 Å². The van der Waals surface area contributed by atoms with Crippen molar-refractivity contribution in [3.05, 3.63) is 0 Å². The van der Waals surface area contributed by atoms with Crippen LogP contribution in [0.2, 0.25) is 57.4 Å². The summed E-state index contributed by atoms with van der Waals surface area (Å²) in [5.74, 6) is 0. The fourth-order valence-electron chi connectivity index (χ4n) is 5.85. The van der Waals surface area contributed by atoms with E-state index in [2.05, 4.69) is 73.1 Å². The van der Waals surface area contributed by atoms with Gasteiger partial charge in [-0.3, -0.25) is 4.79 Å². The van der Waals surface area contributed by atoms with Crippen LogP contribution in [0.15, 0.2) is 0 Å². The van der Waals surface area contributed by atoms with Gasteiger partial charge in [0.15, 0.2) is 6.63 Å². The number of carbonyl (C=O) groups is 1. The summed E-state index contributed by atoms with van der Waals surface area (Å²) in [6.45, 7) is 25.0. The zero-order valence-electron chi connectivity index (χ0n) is 18.9. The maximum absolute atomic E-state index is 14.1. The van der Waals surface area contributed by atoms with Crippen LogP contribution < -0.4 is 0 Å². The molecule has 0 aromatic heterocycles. The summed E-state index contributed by atoms with van der Waals surface area (Å²) in [7, 11) is -5.17. The second kappa shape index (κ2) is 7.39. The van der Waals surface area contributed by atoms with E-state index in [9.17, 15) is 4.79 Å². The van der Waals surface area contributed by atoms with Gasteiger partial charge in [-0.25, -0.2) is 0 Å². The van der Waals surface area contributed by atoms with Crippen molar-refractivity contribution in [2.75, 3.05) is 0 Å². The summed E-state index contributed by atoms with van der Waals surface area (Å²) < 4.78 is 6.42. The third-order valence-electron chi connectivity index (χ3n) is 7.19. The molecule has 6 heteroatoms. The number of rotatable bonds is 5. The predicted octanol–water partition coefficient (Wildman–Crippen LogP) is 6.91. The van der Waals surface area contributed by atoms with Crippen molar-refractivity contribution in [3.8, 4) is 0 Å². The minimum Gasteiger partial charge on any atom is -0.467 e. The molecule has 0 spiro atoms. The van der Waals surface area contributed by atoms with Gasteiger partial charge in [0.05, 0.1) is 7.59 Å². The molecule has 0 unspecified atom stereocenters. The molecular formula is C19H44O2Si4. The molecule has 0 saturated heterocycles. The molecule has 0 bridgehead atoms. The third kappa shape index (κ3) is 4.11. The molecule has 0 atom stereocenters. The van der Waals surface area contributed by atoms with E-state index < -0.39 is 29.4 Å². The molecule has 1 saturated carbocycles. The molecule has 1 fully saturated rings. The van der Waals surface area contributed by atoms with E-state index >= 15 is 0 Å². The number of ether oxygens (including phenoxy) is 1. The molecule has 0 aliphatic heterocycles. The summed E-state index contributed by atoms with van der Waals surface area (Å²) in [6, 6.07) is 0. The van der Waals surface area contributed by atoms with Crippen molar-refractivity contribution >= 4 is 35.0 Å². The molecule has 1 aliphatic carbocycles. The molecule has 1 aliphatic rings. The second-order valence-corrected chi connectivity index (χ2v) is 51.4. The molecule has 0 aromatic carbocycles. The Morgan fingerprint density at radius 1 is 0.800 bits per heavy atom. The average molecular weight is 417 g/mol. The predicted molar refractivity (Wildman–Crippen MR) is 123 cm³/mol. The first-order valence-electron chi connectivity index (χ1n) is 10.2. The zero-order valence-corrected chi connectivity index (χ0v) is 22.9. The van der Waals surface area contributed by atoms with Gasteiger partial charge in [-0.2, -0.15) is 0 Å². The van der Waals surface area contributed by atoms with Crippen molar-refractivity contribution in [3.63, 3.8) is 0 Å². The standard InChI is InChI=1S/C19H44O2Si4/c1-19(2,3)24(10,11)25(22(4,5)6,23(7,8)9)18(20)21-17-15-13-12-14-16-17/h17H,12-16H2,1-11H3. The highest BCUT2D eigenvalue weighted by Crippen LogP contribution is 2.49. The highest BCUT2D eigenvalue weighted by molar-refractivity contribution is 7.97. The summed E-state index contributed by atoms with van der Waals surface area (Å²) in [4.78, 5) is 14.1. The molecule has 0 heterocycles. The van der Waals surface area contributed by atoms with Gasteiger partial charge in [0.1, 0.15) is 6.10 Å². The lowest BCUT2D eigenvalue weighted by Crippen LogP contribution is -2.89. The largest absolute Gasteiger partial charge is 0.467 e. The van der Waals surface area contributed by atoms with E-state index in [-0.39, 0.29) is 11.1 Å². The fourth-order valence-corrected chi connectivity index (χ4v) is 103. The molecule has 25 heavy (non-hydrogen) atoms. The van der Waals surface area contributed by atoms with Crippen LogP contribution >= 0.6 is 0 Å². The van der Waals surface area contributed by atoms with Gasteiger partial charge in [-0.05, 0) is 30.7 Å². The van der Waals surface area contributed by atoms with Crippen molar-refractivity contribution in [2.45, 2.75) is 116 Å². The van der Waals surface area contributed by atoms with Gasteiger partial charge >= 0.3 is 0 Å². The highest BCUT2D eigenvalue weighted by Gasteiger charge is 2.72. The first kappa shape index (κ1) is 23.4. The molecule has 148 valence electrons. The van der Waals surface area contributed by atoms with Crippen LogP contribution in [0, 0.1) is 0 Å². The number of hydrogen-bond acceptors (Lipinski definition) is 2. The topological polar surface area (TPSA) is 26.3 Å². The lowest BCUT2D eigenvalue weighted by molar-refractivity contribution is 0.0943. The van der Waals surface area contributed by atoms with E-state index in [1.807, 2.05) is 0 Å². The molecule has 0 amide bonds. The maximum atomic E-state index is 14.1. The lowest BCUT2D eigenvalue weighted by atomic mass is 9.98. The minimum absolute atomic E-state index is 0.200. The number of hydrogen-bond donors (Lipinski definition) is 0. The Kier molecular flexibility index (Phi) is 6.91. The Balaban J connectivity index is 3.53. The van der Waals surface area contributed by atoms with Gasteiger partial charge in [0.25, 0.3) is 5.59 Å². The van der Waals surface area contributed by atoms with Crippen molar-refractivity contribution in [1.82, 2.24) is 0 Å². The summed E-state index contributed by atoms with van der Waals surface area (Å²) in [6.07, 6.45) is 6.14. The Labute approximate surface area is 160 Å². The minimum atomic E-state index is -2.19.